The molecular weight excluding hydrogens is 186 g/mol. The predicted molar refractivity (Wildman–Crippen MR) is 64.0 cm³/mol. The van der Waals surface area contributed by atoms with Crippen molar-refractivity contribution in [2.75, 3.05) is 13.1 Å². The molecule has 1 aliphatic rings. The van der Waals surface area contributed by atoms with Crippen LogP contribution in [0, 0.1) is 5.92 Å². The molecule has 1 unspecified atom stereocenters. The van der Waals surface area contributed by atoms with Crippen molar-refractivity contribution in [2.45, 2.75) is 57.8 Å². The molecule has 1 rings (SSSR count). The van der Waals surface area contributed by atoms with Gasteiger partial charge in [0, 0.05) is 5.92 Å². The molecule has 0 aromatic rings. The lowest BCUT2D eigenvalue weighted by Crippen LogP contribution is -2.17. The molecule has 15 heavy (non-hydrogen) atoms. The first-order valence-electron chi connectivity index (χ1n) is 6.59. The van der Waals surface area contributed by atoms with E-state index in [0.29, 0.717) is 5.92 Å². The van der Waals surface area contributed by atoms with Crippen LogP contribution in [0.25, 0.3) is 0 Å². The van der Waals surface area contributed by atoms with Gasteiger partial charge in [-0.1, -0.05) is 32.1 Å². The third-order valence-electron chi connectivity index (χ3n) is 3.30. The zero-order valence-corrected chi connectivity index (χ0v) is 9.84. The quantitative estimate of drug-likeness (QED) is 0.676. The second-order valence-corrected chi connectivity index (χ2v) is 4.70. The lowest BCUT2D eigenvalue weighted by Gasteiger charge is -2.09. The van der Waals surface area contributed by atoms with Crippen molar-refractivity contribution >= 4 is 6.29 Å². The van der Waals surface area contributed by atoms with E-state index in [1.807, 2.05) is 0 Å². The molecule has 0 spiro atoms. The SMILES string of the molecule is O=CC1CCCCCCCCNCCC1. The monoisotopic (exact) mass is 211 g/mol. The molecule has 0 saturated carbocycles. The number of aldehydes is 1. The highest BCUT2D eigenvalue weighted by Gasteiger charge is 2.07. The zero-order chi connectivity index (χ0) is 10.8. The highest BCUT2D eigenvalue weighted by atomic mass is 16.1. The van der Waals surface area contributed by atoms with E-state index >= 15 is 0 Å². The van der Waals surface area contributed by atoms with Crippen molar-refractivity contribution in [3.8, 4) is 0 Å². The molecule has 1 fully saturated rings. The summed E-state index contributed by atoms with van der Waals surface area (Å²) in [6.45, 7) is 2.25. The summed E-state index contributed by atoms with van der Waals surface area (Å²) in [5.41, 5.74) is 0. The van der Waals surface area contributed by atoms with E-state index < -0.39 is 0 Å². The molecule has 1 aliphatic heterocycles. The molecule has 1 saturated heterocycles. The minimum Gasteiger partial charge on any atom is -0.317 e. The van der Waals surface area contributed by atoms with Gasteiger partial charge in [-0.25, -0.2) is 0 Å². The van der Waals surface area contributed by atoms with Crippen molar-refractivity contribution in [3.05, 3.63) is 0 Å². The van der Waals surface area contributed by atoms with Gasteiger partial charge in [-0.3, -0.25) is 0 Å². The summed E-state index contributed by atoms with van der Waals surface area (Å²) in [4.78, 5) is 10.8. The van der Waals surface area contributed by atoms with Crippen LogP contribution >= 0.6 is 0 Å². The van der Waals surface area contributed by atoms with E-state index in [1.165, 1.54) is 44.8 Å². The van der Waals surface area contributed by atoms with Crippen LogP contribution in [-0.2, 0) is 4.79 Å². The summed E-state index contributed by atoms with van der Waals surface area (Å²) in [5, 5.41) is 3.45. The fourth-order valence-corrected chi connectivity index (χ4v) is 2.26. The zero-order valence-electron chi connectivity index (χ0n) is 9.84. The molecule has 2 heteroatoms. The third-order valence-corrected chi connectivity index (χ3v) is 3.30. The van der Waals surface area contributed by atoms with Crippen molar-refractivity contribution in [2.24, 2.45) is 5.92 Å². The number of hydrogen-bond acceptors (Lipinski definition) is 2. The second-order valence-electron chi connectivity index (χ2n) is 4.70. The summed E-state index contributed by atoms with van der Waals surface area (Å²) in [7, 11) is 0. The maximum atomic E-state index is 10.8. The Bertz CT molecular complexity index is 145. The Kier molecular flexibility index (Phi) is 7.53. The van der Waals surface area contributed by atoms with Crippen LogP contribution in [0.5, 0.6) is 0 Å². The number of hydrogen-bond donors (Lipinski definition) is 1. The predicted octanol–water partition coefficient (Wildman–Crippen LogP) is 2.92. The Balaban J connectivity index is 2.20. The normalized spacial score (nSPS) is 27.1. The van der Waals surface area contributed by atoms with Crippen LogP contribution in [0.2, 0.25) is 0 Å². The van der Waals surface area contributed by atoms with Crippen LogP contribution < -0.4 is 5.32 Å². The smallest absolute Gasteiger partial charge is 0.123 e. The van der Waals surface area contributed by atoms with Gasteiger partial charge in [-0.05, 0) is 38.8 Å². The van der Waals surface area contributed by atoms with Crippen LogP contribution in [0.15, 0.2) is 0 Å². The van der Waals surface area contributed by atoms with Crippen molar-refractivity contribution in [1.29, 1.82) is 0 Å². The third kappa shape index (κ3) is 6.67. The summed E-state index contributed by atoms with van der Waals surface area (Å²) in [5.74, 6) is 0.326. The molecule has 88 valence electrons. The highest BCUT2D eigenvalue weighted by molar-refractivity contribution is 5.53. The van der Waals surface area contributed by atoms with Gasteiger partial charge in [0.2, 0.25) is 0 Å². The number of carbonyl (C=O) groups is 1. The fraction of sp³-hybridized carbons (Fsp3) is 0.923. The van der Waals surface area contributed by atoms with E-state index in [1.54, 1.807) is 0 Å². The van der Waals surface area contributed by atoms with E-state index in [2.05, 4.69) is 5.32 Å². The van der Waals surface area contributed by atoms with Gasteiger partial charge in [-0.15, -0.1) is 0 Å². The first-order valence-corrected chi connectivity index (χ1v) is 6.59. The first kappa shape index (κ1) is 12.7. The fourth-order valence-electron chi connectivity index (χ4n) is 2.26. The lowest BCUT2D eigenvalue weighted by molar-refractivity contribution is -0.111. The highest BCUT2D eigenvalue weighted by Crippen LogP contribution is 2.15. The van der Waals surface area contributed by atoms with Crippen LogP contribution in [0.1, 0.15) is 57.8 Å². The van der Waals surface area contributed by atoms with Gasteiger partial charge >= 0.3 is 0 Å². The van der Waals surface area contributed by atoms with Gasteiger partial charge in [0.15, 0.2) is 0 Å². The van der Waals surface area contributed by atoms with Crippen molar-refractivity contribution in [1.82, 2.24) is 5.32 Å². The average molecular weight is 211 g/mol. The average Bonchev–Trinajstić information content (AvgIpc) is 2.29. The number of carbonyl (C=O) groups excluding carboxylic acids is 1. The summed E-state index contributed by atoms with van der Waals surface area (Å²) in [6.07, 6.45) is 12.5. The molecule has 1 atom stereocenters. The van der Waals surface area contributed by atoms with Crippen molar-refractivity contribution in [3.63, 3.8) is 0 Å². The Morgan fingerprint density at radius 2 is 1.40 bits per heavy atom. The van der Waals surface area contributed by atoms with Crippen LogP contribution in [0.3, 0.4) is 0 Å². The van der Waals surface area contributed by atoms with E-state index in [9.17, 15) is 4.79 Å². The molecule has 1 N–H and O–H groups in total. The van der Waals surface area contributed by atoms with Crippen LogP contribution in [-0.4, -0.2) is 19.4 Å². The molecule has 0 radical (unpaired) electrons. The molecule has 0 aromatic carbocycles. The van der Waals surface area contributed by atoms with Gasteiger partial charge in [0.25, 0.3) is 0 Å². The minimum absolute atomic E-state index is 0.326. The maximum Gasteiger partial charge on any atom is 0.123 e. The molecule has 0 bridgehead atoms. The van der Waals surface area contributed by atoms with Gasteiger partial charge in [-0.2, -0.15) is 0 Å². The number of nitrogens with one attached hydrogen (secondary N) is 1. The second kappa shape index (κ2) is 8.90. The molecular formula is C13H25NO. The minimum atomic E-state index is 0.326. The van der Waals surface area contributed by atoms with Gasteiger partial charge in [0.1, 0.15) is 6.29 Å². The Morgan fingerprint density at radius 3 is 2.20 bits per heavy atom. The molecule has 0 aromatic heterocycles. The molecule has 0 amide bonds. The van der Waals surface area contributed by atoms with Crippen LogP contribution in [0.4, 0.5) is 0 Å². The maximum absolute atomic E-state index is 10.8. The topological polar surface area (TPSA) is 29.1 Å². The molecule has 0 aliphatic carbocycles. The summed E-state index contributed by atoms with van der Waals surface area (Å²) >= 11 is 0. The Labute approximate surface area is 93.8 Å². The number of rotatable bonds is 1. The standard InChI is InChI=1S/C13H25NO/c15-12-13-8-5-3-1-2-4-6-10-14-11-7-9-13/h12-14H,1-11H2. The Morgan fingerprint density at radius 1 is 0.800 bits per heavy atom. The molecule has 1 heterocycles. The van der Waals surface area contributed by atoms with Gasteiger partial charge < -0.3 is 10.1 Å². The Hall–Kier alpha value is -0.370. The summed E-state index contributed by atoms with van der Waals surface area (Å²) in [6, 6.07) is 0. The van der Waals surface area contributed by atoms with E-state index in [0.717, 1.165) is 32.4 Å². The van der Waals surface area contributed by atoms with Crippen molar-refractivity contribution < 1.29 is 4.79 Å². The van der Waals surface area contributed by atoms with E-state index in [4.69, 9.17) is 0 Å². The molecule has 2 nitrogen and oxygen atoms in total. The first-order chi connectivity index (χ1) is 7.43. The summed E-state index contributed by atoms with van der Waals surface area (Å²) < 4.78 is 0. The largest absolute Gasteiger partial charge is 0.317 e. The van der Waals surface area contributed by atoms with E-state index in [-0.39, 0.29) is 0 Å². The lowest BCUT2D eigenvalue weighted by atomic mass is 9.97. The van der Waals surface area contributed by atoms with Gasteiger partial charge in [0.05, 0.1) is 0 Å².